The fraction of sp³-hybridized carbons (Fsp3) is 0.538. The molecule has 0 radical (unpaired) electrons. The van der Waals surface area contributed by atoms with Crippen molar-refractivity contribution >= 4 is 23.3 Å². The Balaban J connectivity index is 1.95. The monoisotopic (exact) mass is 283 g/mol. The highest BCUT2D eigenvalue weighted by molar-refractivity contribution is 6.33. The number of carbonyl (C=O) groups is 1. The average molecular weight is 284 g/mol. The molecule has 2 heterocycles. The highest BCUT2D eigenvalue weighted by Crippen LogP contribution is 2.28. The molecule has 1 aliphatic heterocycles. The van der Waals surface area contributed by atoms with E-state index < -0.39 is 0 Å². The lowest BCUT2D eigenvalue weighted by atomic mass is 9.82. The Morgan fingerprint density at radius 3 is 2.89 bits per heavy atom. The number of amides is 1. The Hall–Kier alpha value is -1.33. The van der Waals surface area contributed by atoms with Crippen molar-refractivity contribution in [1.29, 1.82) is 0 Å². The van der Waals surface area contributed by atoms with Gasteiger partial charge in [0.1, 0.15) is 5.82 Å². The molecule has 1 amide bonds. The maximum Gasteiger partial charge on any atom is 0.252 e. The molecule has 1 aliphatic rings. The number of pyridine rings is 1. The lowest BCUT2D eigenvalue weighted by molar-refractivity contribution is 0.0238. The molecule has 0 spiro atoms. The third-order valence-electron chi connectivity index (χ3n) is 3.51. The summed E-state index contributed by atoms with van der Waals surface area (Å²) in [5, 5.41) is 3.22. The number of nitrogen functional groups attached to an aromatic ring is 1. The van der Waals surface area contributed by atoms with Gasteiger partial charge in [-0.2, -0.15) is 0 Å². The minimum atomic E-state index is -0.179. The van der Waals surface area contributed by atoms with Crippen LogP contribution in [0.5, 0.6) is 0 Å². The lowest BCUT2D eigenvalue weighted by Gasteiger charge is -2.33. The summed E-state index contributed by atoms with van der Waals surface area (Å²) in [6.07, 6.45) is 3.34. The molecule has 5 nitrogen and oxygen atoms in total. The van der Waals surface area contributed by atoms with Crippen LogP contribution in [0.4, 0.5) is 5.82 Å². The molecule has 0 bridgehead atoms. The van der Waals surface area contributed by atoms with E-state index in [1.807, 2.05) is 0 Å². The quantitative estimate of drug-likeness (QED) is 0.888. The summed E-state index contributed by atoms with van der Waals surface area (Å²) in [6.45, 7) is 4.28. The first kappa shape index (κ1) is 14.1. The van der Waals surface area contributed by atoms with E-state index in [4.69, 9.17) is 22.1 Å². The molecule has 3 N–H and O–H groups in total. The fourth-order valence-electron chi connectivity index (χ4n) is 2.01. The molecular formula is C13H18ClN3O2. The maximum atomic E-state index is 12.0. The van der Waals surface area contributed by atoms with Gasteiger partial charge in [-0.05, 0) is 24.3 Å². The number of rotatable bonds is 3. The van der Waals surface area contributed by atoms with Crippen molar-refractivity contribution in [1.82, 2.24) is 10.3 Å². The molecule has 104 valence electrons. The van der Waals surface area contributed by atoms with Crippen molar-refractivity contribution < 1.29 is 9.53 Å². The largest absolute Gasteiger partial charge is 0.382 e. The van der Waals surface area contributed by atoms with Crippen LogP contribution in [0.15, 0.2) is 12.3 Å². The molecular weight excluding hydrogens is 266 g/mol. The van der Waals surface area contributed by atoms with E-state index >= 15 is 0 Å². The zero-order valence-electron chi connectivity index (χ0n) is 10.9. The third kappa shape index (κ3) is 3.58. The topological polar surface area (TPSA) is 77.2 Å². The van der Waals surface area contributed by atoms with Gasteiger partial charge in [0.05, 0.1) is 10.6 Å². The molecule has 1 fully saturated rings. The number of carbonyl (C=O) groups excluding carboxylic acids is 1. The predicted octanol–water partition coefficient (Wildman–Crippen LogP) is 1.86. The predicted molar refractivity (Wildman–Crippen MR) is 74.2 cm³/mol. The molecule has 1 aromatic rings. The van der Waals surface area contributed by atoms with Crippen LogP contribution in [0.3, 0.4) is 0 Å². The highest BCUT2D eigenvalue weighted by atomic mass is 35.5. The molecule has 1 saturated heterocycles. The molecule has 0 aliphatic carbocycles. The van der Waals surface area contributed by atoms with Gasteiger partial charge in [-0.25, -0.2) is 4.98 Å². The van der Waals surface area contributed by atoms with Crippen LogP contribution >= 0.6 is 11.6 Å². The second-order valence-electron chi connectivity index (χ2n) is 5.20. The van der Waals surface area contributed by atoms with Gasteiger partial charge in [-0.15, -0.1) is 0 Å². The number of nitrogens with one attached hydrogen (secondary N) is 1. The van der Waals surface area contributed by atoms with Gasteiger partial charge in [0, 0.05) is 26.0 Å². The number of aromatic nitrogens is 1. The summed E-state index contributed by atoms with van der Waals surface area (Å²) >= 11 is 5.85. The number of nitrogens with two attached hydrogens (primary N) is 1. The molecule has 0 atom stereocenters. The van der Waals surface area contributed by atoms with Gasteiger partial charge < -0.3 is 15.8 Å². The van der Waals surface area contributed by atoms with Crippen LogP contribution in [-0.2, 0) is 4.74 Å². The standard InChI is InChI=1S/C13H18ClN3O2/c1-13(2-4-19-5-3-13)8-17-12(18)9-6-10(14)11(15)16-7-9/h6-7H,2-5,8H2,1H3,(H2,15,16)(H,17,18). The molecule has 1 aromatic heterocycles. The van der Waals surface area contributed by atoms with Crippen LogP contribution in [-0.4, -0.2) is 30.6 Å². The van der Waals surface area contributed by atoms with E-state index in [1.54, 1.807) is 0 Å². The van der Waals surface area contributed by atoms with Gasteiger partial charge in [-0.3, -0.25) is 4.79 Å². The Kier molecular flexibility index (Phi) is 4.27. The first-order valence-corrected chi connectivity index (χ1v) is 6.65. The Morgan fingerprint density at radius 1 is 1.58 bits per heavy atom. The van der Waals surface area contributed by atoms with Gasteiger partial charge in [0.2, 0.25) is 0 Å². The average Bonchev–Trinajstić information content (AvgIpc) is 2.40. The maximum absolute atomic E-state index is 12.0. The molecule has 0 unspecified atom stereocenters. The van der Waals surface area contributed by atoms with E-state index in [9.17, 15) is 4.79 Å². The molecule has 0 saturated carbocycles. The van der Waals surface area contributed by atoms with Crippen LogP contribution < -0.4 is 11.1 Å². The summed E-state index contributed by atoms with van der Waals surface area (Å²) < 4.78 is 5.33. The number of hydrogen-bond donors (Lipinski definition) is 2. The summed E-state index contributed by atoms with van der Waals surface area (Å²) in [6, 6.07) is 1.53. The second-order valence-corrected chi connectivity index (χ2v) is 5.60. The minimum Gasteiger partial charge on any atom is -0.382 e. The summed E-state index contributed by atoms with van der Waals surface area (Å²) in [7, 11) is 0. The second kappa shape index (κ2) is 5.75. The van der Waals surface area contributed by atoms with E-state index in [2.05, 4.69) is 17.2 Å². The van der Waals surface area contributed by atoms with Crippen LogP contribution in [0, 0.1) is 5.41 Å². The van der Waals surface area contributed by atoms with E-state index in [1.165, 1.54) is 12.3 Å². The van der Waals surface area contributed by atoms with Crippen molar-refractivity contribution in [2.45, 2.75) is 19.8 Å². The first-order valence-electron chi connectivity index (χ1n) is 6.27. The van der Waals surface area contributed by atoms with E-state index in [0.29, 0.717) is 17.1 Å². The smallest absolute Gasteiger partial charge is 0.252 e. The highest BCUT2D eigenvalue weighted by Gasteiger charge is 2.27. The number of halogens is 1. The lowest BCUT2D eigenvalue weighted by Crippen LogP contribution is -2.39. The van der Waals surface area contributed by atoms with Gasteiger partial charge in [-0.1, -0.05) is 18.5 Å². The summed E-state index contributed by atoms with van der Waals surface area (Å²) in [5.41, 5.74) is 6.03. The Morgan fingerprint density at radius 2 is 2.26 bits per heavy atom. The summed E-state index contributed by atoms with van der Waals surface area (Å²) in [4.78, 5) is 15.9. The van der Waals surface area contributed by atoms with Gasteiger partial charge in [0.25, 0.3) is 5.91 Å². The van der Waals surface area contributed by atoms with Crippen molar-refractivity contribution in [2.75, 3.05) is 25.5 Å². The Bertz CT molecular complexity index is 473. The first-order chi connectivity index (χ1) is 9.00. The third-order valence-corrected chi connectivity index (χ3v) is 3.81. The molecule has 2 rings (SSSR count). The fourth-order valence-corrected chi connectivity index (χ4v) is 2.18. The van der Waals surface area contributed by atoms with Crippen molar-refractivity contribution in [3.05, 3.63) is 22.8 Å². The Labute approximate surface area is 117 Å². The molecule has 6 heteroatoms. The molecule has 0 aromatic carbocycles. The van der Waals surface area contributed by atoms with E-state index in [-0.39, 0.29) is 17.1 Å². The zero-order chi connectivity index (χ0) is 13.9. The van der Waals surface area contributed by atoms with Crippen molar-refractivity contribution in [3.63, 3.8) is 0 Å². The van der Waals surface area contributed by atoms with Crippen LogP contribution in [0.2, 0.25) is 5.02 Å². The van der Waals surface area contributed by atoms with E-state index in [0.717, 1.165) is 26.1 Å². The minimum absolute atomic E-state index is 0.0962. The number of anilines is 1. The zero-order valence-corrected chi connectivity index (χ0v) is 11.7. The van der Waals surface area contributed by atoms with Gasteiger partial charge in [0.15, 0.2) is 0 Å². The van der Waals surface area contributed by atoms with Crippen molar-refractivity contribution in [2.24, 2.45) is 5.41 Å². The van der Waals surface area contributed by atoms with Crippen molar-refractivity contribution in [3.8, 4) is 0 Å². The number of hydrogen-bond acceptors (Lipinski definition) is 4. The number of nitrogens with zero attached hydrogens (tertiary/aromatic N) is 1. The van der Waals surface area contributed by atoms with Crippen LogP contribution in [0.25, 0.3) is 0 Å². The van der Waals surface area contributed by atoms with Gasteiger partial charge >= 0.3 is 0 Å². The SMILES string of the molecule is CC1(CNC(=O)c2cnc(N)c(Cl)c2)CCOCC1. The normalized spacial score (nSPS) is 18.0. The molecule has 19 heavy (non-hydrogen) atoms. The summed E-state index contributed by atoms with van der Waals surface area (Å²) in [5.74, 6) is 0.0525. The number of ether oxygens (including phenoxy) is 1. The van der Waals surface area contributed by atoms with Crippen LogP contribution in [0.1, 0.15) is 30.1 Å².